The smallest absolute Gasteiger partial charge is 0.328 e. The molecule has 0 aliphatic carbocycles. The maximum absolute atomic E-state index is 12.4. The third-order valence-electron chi connectivity index (χ3n) is 3.89. The molecule has 0 spiro atoms. The van der Waals surface area contributed by atoms with Crippen molar-refractivity contribution < 1.29 is 19.1 Å². The van der Waals surface area contributed by atoms with E-state index in [0.717, 1.165) is 10.5 Å². The lowest BCUT2D eigenvalue weighted by molar-refractivity contribution is -0.115. The summed E-state index contributed by atoms with van der Waals surface area (Å²) in [5, 5.41) is 2.77. The summed E-state index contributed by atoms with van der Waals surface area (Å²) >= 11 is 0. The van der Waals surface area contributed by atoms with Gasteiger partial charge in [0.15, 0.2) is 11.5 Å². The lowest BCUT2D eigenvalue weighted by Crippen LogP contribution is -2.43. The number of benzene rings is 2. The highest BCUT2D eigenvalue weighted by Gasteiger charge is 2.19. The molecule has 27 heavy (non-hydrogen) atoms. The van der Waals surface area contributed by atoms with Crippen LogP contribution in [0.3, 0.4) is 0 Å². The average molecular weight is 371 g/mol. The fraction of sp³-hybridized carbons (Fsp3) is 0.300. The standard InChI is InChI=1S/C20H25N3O4/c1-4-27-18-10-5-15(13-19(18)26-3)11-12-22-20(25)23(14(2)24)17-8-6-16(21)7-9-17/h5-10,13H,4,11-12,21H2,1-3H3,(H,22,25). The van der Waals surface area contributed by atoms with Gasteiger partial charge in [0.1, 0.15) is 0 Å². The largest absolute Gasteiger partial charge is 0.493 e. The summed E-state index contributed by atoms with van der Waals surface area (Å²) in [6.07, 6.45) is 0.585. The number of urea groups is 1. The number of hydrogen-bond acceptors (Lipinski definition) is 5. The molecule has 2 aromatic rings. The minimum absolute atomic E-state index is 0.370. The Hall–Kier alpha value is -3.22. The topological polar surface area (TPSA) is 93.9 Å². The third-order valence-corrected chi connectivity index (χ3v) is 3.89. The van der Waals surface area contributed by atoms with Gasteiger partial charge in [-0.3, -0.25) is 4.79 Å². The van der Waals surface area contributed by atoms with Crippen LogP contribution in [-0.2, 0) is 11.2 Å². The Kier molecular flexibility index (Phi) is 7.05. The molecule has 0 atom stereocenters. The SMILES string of the molecule is CCOc1ccc(CCNC(=O)N(C(C)=O)c2ccc(N)cc2)cc1OC. The summed E-state index contributed by atoms with van der Waals surface area (Å²) in [6, 6.07) is 11.7. The molecule has 3 N–H and O–H groups in total. The van der Waals surface area contributed by atoms with E-state index in [-0.39, 0.29) is 5.91 Å². The Labute approximate surface area is 159 Å². The van der Waals surface area contributed by atoms with E-state index in [0.29, 0.717) is 42.4 Å². The van der Waals surface area contributed by atoms with Gasteiger partial charge in [-0.25, -0.2) is 9.69 Å². The third kappa shape index (κ3) is 5.37. The van der Waals surface area contributed by atoms with Crippen LogP contribution >= 0.6 is 0 Å². The second kappa shape index (κ2) is 9.47. The van der Waals surface area contributed by atoms with Gasteiger partial charge >= 0.3 is 6.03 Å². The lowest BCUT2D eigenvalue weighted by Gasteiger charge is -2.20. The van der Waals surface area contributed by atoms with E-state index in [2.05, 4.69) is 5.32 Å². The van der Waals surface area contributed by atoms with Crippen molar-refractivity contribution in [2.75, 3.05) is 30.9 Å². The minimum Gasteiger partial charge on any atom is -0.493 e. The zero-order valence-electron chi connectivity index (χ0n) is 15.8. The molecule has 7 heteroatoms. The molecule has 0 saturated carbocycles. The monoisotopic (exact) mass is 371 g/mol. The highest BCUT2D eigenvalue weighted by Crippen LogP contribution is 2.28. The Morgan fingerprint density at radius 2 is 1.81 bits per heavy atom. The number of amides is 3. The quantitative estimate of drug-likeness (QED) is 0.730. The molecule has 7 nitrogen and oxygen atoms in total. The molecule has 2 rings (SSSR count). The number of nitrogens with zero attached hydrogens (tertiary/aromatic N) is 1. The van der Waals surface area contributed by atoms with E-state index in [1.807, 2.05) is 25.1 Å². The number of rotatable bonds is 7. The highest BCUT2D eigenvalue weighted by molar-refractivity contribution is 6.13. The summed E-state index contributed by atoms with van der Waals surface area (Å²) in [6.45, 7) is 4.17. The van der Waals surface area contributed by atoms with E-state index in [1.165, 1.54) is 6.92 Å². The van der Waals surface area contributed by atoms with E-state index in [4.69, 9.17) is 15.2 Å². The average Bonchev–Trinajstić information content (AvgIpc) is 2.64. The normalized spacial score (nSPS) is 10.2. The van der Waals surface area contributed by atoms with Gasteiger partial charge in [-0.2, -0.15) is 0 Å². The molecular weight excluding hydrogens is 346 g/mol. The first kappa shape index (κ1) is 20.1. The summed E-state index contributed by atoms with van der Waals surface area (Å²) in [7, 11) is 1.58. The number of carbonyl (C=O) groups is 2. The molecule has 3 amide bonds. The van der Waals surface area contributed by atoms with Crippen molar-refractivity contribution in [3.05, 3.63) is 48.0 Å². The number of nitrogen functional groups attached to an aromatic ring is 1. The zero-order chi connectivity index (χ0) is 19.8. The molecule has 0 radical (unpaired) electrons. The number of ether oxygens (including phenoxy) is 2. The molecule has 2 aromatic carbocycles. The summed E-state index contributed by atoms with van der Waals surface area (Å²) in [5.74, 6) is 0.951. The van der Waals surface area contributed by atoms with Crippen molar-refractivity contribution in [2.24, 2.45) is 0 Å². The van der Waals surface area contributed by atoms with Crippen LogP contribution in [0.1, 0.15) is 19.4 Å². The number of carbonyl (C=O) groups excluding carboxylic acids is 2. The number of imide groups is 1. The van der Waals surface area contributed by atoms with Gasteiger partial charge in [-0.05, 0) is 55.3 Å². The summed E-state index contributed by atoms with van der Waals surface area (Å²) < 4.78 is 10.8. The van der Waals surface area contributed by atoms with Gasteiger partial charge in [0.25, 0.3) is 0 Å². The molecule has 0 fully saturated rings. The van der Waals surface area contributed by atoms with Gasteiger partial charge in [0.05, 0.1) is 19.4 Å². The fourth-order valence-corrected chi connectivity index (χ4v) is 2.60. The van der Waals surface area contributed by atoms with Crippen molar-refractivity contribution in [3.8, 4) is 11.5 Å². The highest BCUT2D eigenvalue weighted by atomic mass is 16.5. The van der Waals surface area contributed by atoms with Gasteiger partial charge in [0.2, 0.25) is 5.91 Å². The molecule has 0 saturated heterocycles. The van der Waals surface area contributed by atoms with E-state index < -0.39 is 6.03 Å². The Balaban J connectivity index is 1.99. The van der Waals surface area contributed by atoms with E-state index in [1.54, 1.807) is 31.4 Å². The first-order valence-electron chi connectivity index (χ1n) is 8.70. The van der Waals surface area contributed by atoms with E-state index in [9.17, 15) is 9.59 Å². The van der Waals surface area contributed by atoms with Crippen molar-refractivity contribution in [3.63, 3.8) is 0 Å². The molecule has 0 aromatic heterocycles. The van der Waals surface area contributed by atoms with Gasteiger partial charge < -0.3 is 20.5 Å². The van der Waals surface area contributed by atoms with Crippen molar-refractivity contribution in [1.29, 1.82) is 0 Å². The summed E-state index contributed by atoms with van der Waals surface area (Å²) in [4.78, 5) is 25.4. The molecule has 0 aliphatic rings. The maximum atomic E-state index is 12.4. The number of nitrogens with one attached hydrogen (secondary N) is 1. The Morgan fingerprint density at radius 1 is 1.11 bits per heavy atom. The molecule has 0 aliphatic heterocycles. The molecule has 0 unspecified atom stereocenters. The van der Waals surface area contributed by atoms with Crippen LogP contribution in [0.5, 0.6) is 11.5 Å². The number of methoxy groups -OCH3 is 1. The first-order chi connectivity index (χ1) is 13.0. The van der Waals surface area contributed by atoms with Crippen molar-refractivity contribution in [2.45, 2.75) is 20.3 Å². The predicted molar refractivity (Wildman–Crippen MR) is 105 cm³/mol. The Morgan fingerprint density at radius 3 is 2.41 bits per heavy atom. The number of nitrogens with two attached hydrogens (primary N) is 1. The second-order valence-electron chi connectivity index (χ2n) is 5.85. The first-order valence-corrected chi connectivity index (χ1v) is 8.70. The minimum atomic E-state index is -0.481. The molecule has 0 bridgehead atoms. The Bertz CT molecular complexity index is 790. The van der Waals surface area contributed by atoms with Crippen LogP contribution in [0.25, 0.3) is 0 Å². The van der Waals surface area contributed by atoms with Crippen molar-refractivity contribution in [1.82, 2.24) is 5.32 Å². The van der Waals surface area contributed by atoms with Gasteiger partial charge in [0, 0.05) is 19.2 Å². The predicted octanol–water partition coefficient (Wildman–Crippen LogP) is 2.98. The molecular formula is C20H25N3O4. The van der Waals surface area contributed by atoms with Crippen molar-refractivity contribution >= 4 is 23.3 Å². The lowest BCUT2D eigenvalue weighted by atomic mass is 10.1. The van der Waals surface area contributed by atoms with Crippen LogP contribution in [0.15, 0.2) is 42.5 Å². The number of hydrogen-bond donors (Lipinski definition) is 2. The second-order valence-corrected chi connectivity index (χ2v) is 5.85. The van der Waals surface area contributed by atoms with Crippen LogP contribution in [-0.4, -0.2) is 32.2 Å². The van der Waals surface area contributed by atoms with Crippen LogP contribution in [0, 0.1) is 0 Å². The van der Waals surface area contributed by atoms with E-state index >= 15 is 0 Å². The van der Waals surface area contributed by atoms with Crippen LogP contribution in [0.4, 0.5) is 16.2 Å². The zero-order valence-corrected chi connectivity index (χ0v) is 15.8. The maximum Gasteiger partial charge on any atom is 0.328 e. The summed E-state index contributed by atoms with van der Waals surface area (Å²) in [5.41, 5.74) is 7.67. The molecule has 144 valence electrons. The fourth-order valence-electron chi connectivity index (χ4n) is 2.60. The number of anilines is 2. The van der Waals surface area contributed by atoms with Gasteiger partial charge in [-0.1, -0.05) is 6.07 Å². The van der Waals surface area contributed by atoms with Gasteiger partial charge in [-0.15, -0.1) is 0 Å². The van der Waals surface area contributed by atoms with Crippen LogP contribution < -0.4 is 25.4 Å². The molecule has 0 heterocycles. The van der Waals surface area contributed by atoms with Crippen LogP contribution in [0.2, 0.25) is 0 Å².